The van der Waals surface area contributed by atoms with Gasteiger partial charge in [0.25, 0.3) is 5.91 Å². The SMILES string of the molecule is CCOC(=O)C1C(OC)C(=O)N1c1ccccc1. The maximum atomic E-state index is 11.9. The summed E-state index contributed by atoms with van der Waals surface area (Å²) in [5.74, 6) is -0.658. The lowest BCUT2D eigenvalue weighted by molar-refractivity contribution is -0.160. The number of benzene rings is 1. The van der Waals surface area contributed by atoms with Crippen LogP contribution >= 0.6 is 0 Å². The predicted molar refractivity (Wildman–Crippen MR) is 65.1 cm³/mol. The van der Waals surface area contributed by atoms with Crippen molar-refractivity contribution in [3.63, 3.8) is 0 Å². The van der Waals surface area contributed by atoms with Crippen LogP contribution < -0.4 is 4.90 Å². The van der Waals surface area contributed by atoms with Gasteiger partial charge in [-0.2, -0.15) is 0 Å². The molecule has 1 heterocycles. The Labute approximate surface area is 105 Å². The van der Waals surface area contributed by atoms with Gasteiger partial charge in [0.15, 0.2) is 12.1 Å². The summed E-state index contributed by atoms with van der Waals surface area (Å²) < 4.78 is 10.0. The topological polar surface area (TPSA) is 55.8 Å². The van der Waals surface area contributed by atoms with Gasteiger partial charge >= 0.3 is 5.97 Å². The molecule has 1 aromatic rings. The number of carbonyl (C=O) groups excluding carboxylic acids is 2. The molecule has 0 radical (unpaired) electrons. The average Bonchev–Trinajstić information content (AvgIpc) is 2.38. The molecule has 1 aliphatic rings. The zero-order valence-electron chi connectivity index (χ0n) is 10.3. The predicted octanol–water partition coefficient (Wildman–Crippen LogP) is 0.980. The zero-order valence-corrected chi connectivity index (χ0v) is 10.3. The van der Waals surface area contributed by atoms with E-state index in [1.165, 1.54) is 12.0 Å². The smallest absolute Gasteiger partial charge is 0.332 e. The molecule has 18 heavy (non-hydrogen) atoms. The Morgan fingerprint density at radius 1 is 1.33 bits per heavy atom. The van der Waals surface area contributed by atoms with Crippen LogP contribution in [0.3, 0.4) is 0 Å². The molecule has 0 saturated carbocycles. The molecule has 2 unspecified atom stereocenters. The molecule has 1 fully saturated rings. The van der Waals surface area contributed by atoms with E-state index >= 15 is 0 Å². The van der Waals surface area contributed by atoms with Gasteiger partial charge in [-0.05, 0) is 19.1 Å². The molecule has 5 nitrogen and oxygen atoms in total. The van der Waals surface area contributed by atoms with E-state index in [9.17, 15) is 9.59 Å². The van der Waals surface area contributed by atoms with Crippen LogP contribution in [-0.4, -0.2) is 37.7 Å². The van der Waals surface area contributed by atoms with Gasteiger partial charge in [-0.1, -0.05) is 18.2 Å². The van der Waals surface area contributed by atoms with Crippen LogP contribution in [0.15, 0.2) is 30.3 Å². The first-order chi connectivity index (χ1) is 8.70. The van der Waals surface area contributed by atoms with Gasteiger partial charge in [0.2, 0.25) is 0 Å². The van der Waals surface area contributed by atoms with Crippen LogP contribution in [0.25, 0.3) is 0 Å². The summed E-state index contributed by atoms with van der Waals surface area (Å²) in [5, 5.41) is 0. The van der Waals surface area contributed by atoms with Gasteiger partial charge < -0.3 is 9.47 Å². The number of carbonyl (C=O) groups is 2. The van der Waals surface area contributed by atoms with E-state index in [0.29, 0.717) is 5.69 Å². The Kier molecular flexibility index (Phi) is 3.62. The number of β-lactam (4-membered cyclic amide) rings is 1. The van der Waals surface area contributed by atoms with Gasteiger partial charge in [0.1, 0.15) is 0 Å². The summed E-state index contributed by atoms with van der Waals surface area (Å²) in [4.78, 5) is 25.1. The molecule has 1 saturated heterocycles. The van der Waals surface area contributed by atoms with Crippen molar-refractivity contribution in [1.29, 1.82) is 0 Å². The second kappa shape index (κ2) is 5.18. The Morgan fingerprint density at radius 3 is 2.56 bits per heavy atom. The van der Waals surface area contributed by atoms with Crippen LogP contribution in [-0.2, 0) is 19.1 Å². The highest BCUT2D eigenvalue weighted by Gasteiger charge is 2.53. The van der Waals surface area contributed by atoms with Crippen molar-refractivity contribution >= 4 is 17.6 Å². The molecule has 0 N–H and O–H groups in total. The highest BCUT2D eigenvalue weighted by Crippen LogP contribution is 2.30. The zero-order chi connectivity index (χ0) is 13.1. The molecule has 1 aliphatic heterocycles. The van der Waals surface area contributed by atoms with Crippen LogP contribution in [0.5, 0.6) is 0 Å². The van der Waals surface area contributed by atoms with E-state index in [1.54, 1.807) is 19.1 Å². The van der Waals surface area contributed by atoms with Crippen LogP contribution in [0.4, 0.5) is 5.69 Å². The third-order valence-electron chi connectivity index (χ3n) is 2.86. The molecular weight excluding hydrogens is 234 g/mol. The molecule has 1 amide bonds. The van der Waals surface area contributed by atoms with Crippen molar-refractivity contribution in [2.75, 3.05) is 18.6 Å². The van der Waals surface area contributed by atoms with Crippen molar-refractivity contribution in [2.45, 2.75) is 19.1 Å². The first kappa shape index (κ1) is 12.6. The largest absolute Gasteiger partial charge is 0.464 e. The third-order valence-corrected chi connectivity index (χ3v) is 2.86. The van der Waals surface area contributed by atoms with Crippen molar-refractivity contribution in [3.05, 3.63) is 30.3 Å². The maximum absolute atomic E-state index is 11.9. The Bertz CT molecular complexity index is 446. The summed E-state index contributed by atoms with van der Waals surface area (Å²) >= 11 is 0. The minimum Gasteiger partial charge on any atom is -0.464 e. The summed E-state index contributed by atoms with van der Waals surface area (Å²) in [6.45, 7) is 2.01. The third kappa shape index (κ3) is 1.97. The lowest BCUT2D eigenvalue weighted by Crippen LogP contribution is -2.69. The van der Waals surface area contributed by atoms with E-state index in [-0.39, 0.29) is 12.5 Å². The maximum Gasteiger partial charge on any atom is 0.332 e. The number of para-hydroxylation sites is 1. The minimum atomic E-state index is -0.746. The van der Waals surface area contributed by atoms with E-state index in [2.05, 4.69) is 0 Å². The van der Waals surface area contributed by atoms with Gasteiger partial charge in [-0.25, -0.2) is 4.79 Å². The number of anilines is 1. The summed E-state index contributed by atoms with van der Waals surface area (Å²) in [6, 6.07) is 8.33. The normalized spacial score (nSPS) is 22.6. The first-order valence-electron chi connectivity index (χ1n) is 5.78. The first-order valence-corrected chi connectivity index (χ1v) is 5.78. The van der Waals surface area contributed by atoms with Gasteiger partial charge in [-0.15, -0.1) is 0 Å². The van der Waals surface area contributed by atoms with E-state index in [1.807, 2.05) is 18.2 Å². The quantitative estimate of drug-likeness (QED) is 0.589. The number of ether oxygens (including phenoxy) is 2. The fourth-order valence-corrected chi connectivity index (χ4v) is 2.03. The summed E-state index contributed by atoms with van der Waals surface area (Å²) in [7, 11) is 1.41. The van der Waals surface area contributed by atoms with E-state index < -0.39 is 18.1 Å². The second-order valence-electron chi connectivity index (χ2n) is 3.90. The number of hydrogen-bond acceptors (Lipinski definition) is 4. The average molecular weight is 249 g/mol. The standard InChI is InChI=1S/C13H15NO4/c1-3-18-13(16)10-11(17-2)12(15)14(10)9-7-5-4-6-8-9/h4-8,10-11H,3H2,1-2H3. The molecule has 0 spiro atoms. The number of amides is 1. The lowest BCUT2D eigenvalue weighted by atomic mass is 9.96. The van der Waals surface area contributed by atoms with Crippen molar-refractivity contribution < 1.29 is 19.1 Å². The Morgan fingerprint density at radius 2 is 2.00 bits per heavy atom. The van der Waals surface area contributed by atoms with Crippen LogP contribution in [0, 0.1) is 0 Å². The highest BCUT2D eigenvalue weighted by molar-refractivity contribution is 6.12. The molecule has 0 bridgehead atoms. The molecule has 1 aromatic carbocycles. The monoisotopic (exact) mass is 249 g/mol. The second-order valence-corrected chi connectivity index (χ2v) is 3.90. The highest BCUT2D eigenvalue weighted by atomic mass is 16.5. The molecule has 0 aliphatic carbocycles. The fourth-order valence-electron chi connectivity index (χ4n) is 2.03. The fraction of sp³-hybridized carbons (Fsp3) is 0.385. The van der Waals surface area contributed by atoms with Gasteiger partial charge in [0, 0.05) is 12.8 Å². The Hall–Kier alpha value is -1.88. The van der Waals surface area contributed by atoms with Gasteiger partial charge in [-0.3, -0.25) is 9.69 Å². The van der Waals surface area contributed by atoms with Crippen molar-refractivity contribution in [3.8, 4) is 0 Å². The number of nitrogens with zero attached hydrogens (tertiary/aromatic N) is 1. The Balaban J connectivity index is 2.24. The minimum absolute atomic E-state index is 0.221. The van der Waals surface area contributed by atoms with Crippen molar-refractivity contribution in [1.82, 2.24) is 0 Å². The lowest BCUT2D eigenvalue weighted by Gasteiger charge is -2.44. The molecule has 0 aromatic heterocycles. The molecule has 2 rings (SSSR count). The summed E-state index contributed by atoms with van der Waals surface area (Å²) in [6.07, 6.45) is -0.746. The van der Waals surface area contributed by atoms with Gasteiger partial charge in [0.05, 0.1) is 6.61 Å². The molecular formula is C13H15NO4. The van der Waals surface area contributed by atoms with E-state index in [4.69, 9.17) is 9.47 Å². The number of methoxy groups -OCH3 is 1. The van der Waals surface area contributed by atoms with Crippen molar-refractivity contribution in [2.24, 2.45) is 0 Å². The number of hydrogen-bond donors (Lipinski definition) is 0. The van der Waals surface area contributed by atoms with Crippen LogP contribution in [0.1, 0.15) is 6.92 Å². The molecule has 2 atom stereocenters. The summed E-state index contributed by atoms with van der Waals surface area (Å²) in [5.41, 5.74) is 0.675. The molecule has 96 valence electrons. The molecule has 5 heteroatoms. The number of rotatable bonds is 4. The van der Waals surface area contributed by atoms with Crippen LogP contribution in [0.2, 0.25) is 0 Å². The van der Waals surface area contributed by atoms with E-state index in [0.717, 1.165) is 0 Å². The number of esters is 1.